The van der Waals surface area contributed by atoms with Crippen LogP contribution >= 0.6 is 11.3 Å². The van der Waals surface area contributed by atoms with E-state index in [1.165, 1.54) is 12.3 Å². The molecule has 2 heterocycles. The predicted molar refractivity (Wildman–Crippen MR) is 98.6 cm³/mol. The Balaban J connectivity index is 1.87. The van der Waals surface area contributed by atoms with E-state index in [0.29, 0.717) is 0 Å². The number of rotatable bonds is 5. The van der Waals surface area contributed by atoms with Gasteiger partial charge in [0.25, 0.3) is 0 Å². The molecule has 0 fully saturated rings. The van der Waals surface area contributed by atoms with Crippen LogP contribution < -0.4 is 10.4 Å². The highest BCUT2D eigenvalue weighted by molar-refractivity contribution is 7.13. The second kappa shape index (κ2) is 7.56. The van der Waals surface area contributed by atoms with E-state index in [1.807, 2.05) is 0 Å². The third kappa shape index (κ3) is 3.55. The van der Waals surface area contributed by atoms with Crippen LogP contribution in [0.2, 0.25) is 5.82 Å². The number of nitrogen functional groups attached to an aromatic ring is 1. The molecule has 1 aliphatic heterocycles. The summed E-state index contributed by atoms with van der Waals surface area (Å²) in [5.74, 6) is -3.67. The monoisotopic (exact) mass is 407 g/mol. The molecule has 12 heteroatoms. The highest BCUT2D eigenvalue weighted by Crippen LogP contribution is 2.38. The van der Waals surface area contributed by atoms with Crippen LogP contribution in [0.15, 0.2) is 16.6 Å². The van der Waals surface area contributed by atoms with E-state index in [0.717, 1.165) is 17.4 Å². The SMILES string of the molecule is Cc1c(F)cc2c(c1C(=O)O)OB(O)[C@@H](CC(=O)/C(=N\O)c1csc(N)n1)C2. The van der Waals surface area contributed by atoms with Crippen molar-refractivity contribution in [3.63, 3.8) is 0 Å². The van der Waals surface area contributed by atoms with E-state index in [4.69, 9.17) is 15.6 Å². The van der Waals surface area contributed by atoms with Gasteiger partial charge in [-0.3, -0.25) is 4.79 Å². The summed E-state index contributed by atoms with van der Waals surface area (Å²) in [7, 11) is -1.50. The van der Waals surface area contributed by atoms with Gasteiger partial charge < -0.3 is 25.7 Å². The molecule has 0 saturated carbocycles. The molecule has 0 bridgehead atoms. The number of nitrogens with zero attached hydrogens (tertiary/aromatic N) is 2. The number of thiazole rings is 1. The summed E-state index contributed by atoms with van der Waals surface area (Å²) in [5, 5.41) is 33.4. The smallest absolute Gasteiger partial charge is 0.526 e. The Hall–Kier alpha value is -2.99. The van der Waals surface area contributed by atoms with Gasteiger partial charge in [-0.25, -0.2) is 14.2 Å². The summed E-state index contributed by atoms with van der Waals surface area (Å²) in [5.41, 5.74) is 5.03. The first kappa shape index (κ1) is 19.8. The van der Waals surface area contributed by atoms with Gasteiger partial charge in [0.2, 0.25) is 0 Å². The van der Waals surface area contributed by atoms with Crippen LogP contribution in [0.1, 0.15) is 33.6 Å². The van der Waals surface area contributed by atoms with Crippen LogP contribution in [-0.2, 0) is 11.2 Å². The molecule has 0 saturated heterocycles. The lowest BCUT2D eigenvalue weighted by Crippen LogP contribution is -2.37. The number of ketones is 1. The molecule has 0 unspecified atom stereocenters. The predicted octanol–water partition coefficient (Wildman–Crippen LogP) is 1.49. The largest absolute Gasteiger partial charge is 0.535 e. The molecule has 1 aliphatic rings. The molecule has 146 valence electrons. The third-order valence-electron chi connectivity index (χ3n) is 4.47. The Bertz CT molecular complexity index is 995. The first-order valence-electron chi connectivity index (χ1n) is 8.09. The number of carboxylic acids is 1. The number of oxime groups is 1. The van der Waals surface area contributed by atoms with Crippen molar-refractivity contribution in [2.45, 2.75) is 25.6 Å². The van der Waals surface area contributed by atoms with Crippen LogP contribution in [0, 0.1) is 12.7 Å². The average Bonchev–Trinajstić information content (AvgIpc) is 3.04. The molecule has 0 aliphatic carbocycles. The van der Waals surface area contributed by atoms with E-state index < -0.39 is 30.5 Å². The van der Waals surface area contributed by atoms with Gasteiger partial charge in [0, 0.05) is 23.2 Å². The summed E-state index contributed by atoms with van der Waals surface area (Å²) in [4.78, 5) is 27.8. The number of benzene rings is 1. The summed E-state index contributed by atoms with van der Waals surface area (Å²) < 4.78 is 19.4. The molecule has 0 radical (unpaired) electrons. The molecule has 1 aromatic carbocycles. The zero-order valence-electron chi connectivity index (χ0n) is 14.5. The van der Waals surface area contributed by atoms with Crippen molar-refractivity contribution < 1.29 is 34.0 Å². The number of carbonyl (C=O) groups excluding carboxylic acids is 1. The lowest BCUT2D eigenvalue weighted by molar-refractivity contribution is -0.113. The molecule has 3 rings (SSSR count). The van der Waals surface area contributed by atoms with Crippen LogP contribution in [0.4, 0.5) is 9.52 Å². The summed E-state index contributed by atoms with van der Waals surface area (Å²) in [6.45, 7) is 1.30. The number of nitrogens with two attached hydrogens (primary N) is 1. The van der Waals surface area contributed by atoms with Crippen molar-refractivity contribution in [1.82, 2.24) is 4.98 Å². The van der Waals surface area contributed by atoms with Crippen molar-refractivity contribution in [3.05, 3.63) is 39.6 Å². The van der Waals surface area contributed by atoms with Gasteiger partial charge in [-0.15, -0.1) is 11.3 Å². The van der Waals surface area contributed by atoms with Gasteiger partial charge in [-0.2, -0.15) is 0 Å². The first-order chi connectivity index (χ1) is 13.2. The number of carboxylic acid groups (broad SMARTS) is 1. The van der Waals surface area contributed by atoms with Crippen LogP contribution in [0.25, 0.3) is 0 Å². The van der Waals surface area contributed by atoms with E-state index in [1.54, 1.807) is 0 Å². The van der Waals surface area contributed by atoms with E-state index in [2.05, 4.69) is 10.1 Å². The highest BCUT2D eigenvalue weighted by atomic mass is 32.1. The van der Waals surface area contributed by atoms with E-state index in [-0.39, 0.29) is 51.8 Å². The highest BCUT2D eigenvalue weighted by Gasteiger charge is 2.40. The van der Waals surface area contributed by atoms with Gasteiger partial charge >= 0.3 is 13.1 Å². The Kier molecular flexibility index (Phi) is 5.34. The Morgan fingerprint density at radius 1 is 1.54 bits per heavy atom. The lowest BCUT2D eigenvalue weighted by atomic mass is 9.64. The second-order valence-electron chi connectivity index (χ2n) is 6.27. The quantitative estimate of drug-likeness (QED) is 0.252. The maximum Gasteiger partial charge on any atom is 0.526 e. The van der Waals surface area contributed by atoms with Crippen molar-refractivity contribution in [3.8, 4) is 5.75 Å². The summed E-state index contributed by atoms with van der Waals surface area (Å²) >= 11 is 1.06. The number of carbonyl (C=O) groups is 2. The van der Waals surface area contributed by atoms with Crippen molar-refractivity contribution in [1.29, 1.82) is 0 Å². The standard InChI is InChI=1S/C16H15BFN3O6S/c1-6-9(18)3-7-2-8(17(25)27-14(7)12(6)15(23)24)4-11(22)13(21-26)10-5-28-16(19)20-10/h3,5,8,25-26H,2,4H2,1H3,(H2,19,20)(H,23,24)/b21-13-/t8-/m1/s1. The maximum atomic E-state index is 14.1. The summed E-state index contributed by atoms with van der Waals surface area (Å²) in [6, 6.07) is 1.13. The van der Waals surface area contributed by atoms with Crippen LogP contribution in [0.5, 0.6) is 5.75 Å². The number of fused-ring (bicyclic) bond motifs is 1. The minimum atomic E-state index is -1.50. The lowest BCUT2D eigenvalue weighted by Gasteiger charge is -2.28. The Labute approximate surface area is 162 Å². The number of hydrogen-bond acceptors (Lipinski definition) is 9. The first-order valence-corrected chi connectivity index (χ1v) is 8.97. The van der Waals surface area contributed by atoms with Gasteiger partial charge in [0.15, 0.2) is 16.6 Å². The van der Waals surface area contributed by atoms with Gasteiger partial charge in [0.1, 0.15) is 22.8 Å². The number of aromatic nitrogens is 1. The Morgan fingerprint density at radius 3 is 2.82 bits per heavy atom. The average molecular weight is 407 g/mol. The topological polar surface area (TPSA) is 155 Å². The minimum Gasteiger partial charge on any atom is -0.535 e. The fraction of sp³-hybridized carbons (Fsp3) is 0.250. The summed E-state index contributed by atoms with van der Waals surface area (Å²) in [6.07, 6.45) is -0.299. The molecule has 0 spiro atoms. The molecule has 5 N–H and O–H groups in total. The number of aromatic carboxylic acids is 1. The van der Waals surface area contributed by atoms with E-state index in [9.17, 15) is 24.1 Å². The van der Waals surface area contributed by atoms with Gasteiger partial charge in [0.05, 0.1) is 0 Å². The molecule has 9 nitrogen and oxygen atoms in total. The minimum absolute atomic E-state index is 0.00235. The maximum absolute atomic E-state index is 14.1. The van der Waals surface area contributed by atoms with Crippen molar-refractivity contribution in [2.24, 2.45) is 5.16 Å². The number of halogens is 1. The van der Waals surface area contributed by atoms with Crippen LogP contribution in [0.3, 0.4) is 0 Å². The Morgan fingerprint density at radius 2 is 2.25 bits per heavy atom. The van der Waals surface area contributed by atoms with Gasteiger partial charge in [-0.05, 0) is 25.0 Å². The van der Waals surface area contributed by atoms with Crippen molar-refractivity contribution in [2.75, 3.05) is 5.73 Å². The fourth-order valence-corrected chi connectivity index (χ4v) is 3.62. The molecule has 1 aromatic heterocycles. The number of anilines is 1. The van der Waals surface area contributed by atoms with E-state index >= 15 is 0 Å². The normalized spacial score (nSPS) is 16.5. The molecule has 0 amide bonds. The second-order valence-corrected chi connectivity index (χ2v) is 7.16. The molecule has 2 aromatic rings. The third-order valence-corrected chi connectivity index (χ3v) is 5.14. The zero-order valence-corrected chi connectivity index (χ0v) is 15.4. The fourth-order valence-electron chi connectivity index (χ4n) is 3.08. The number of Topliss-reactive ketones (excluding diaryl/α,β-unsaturated/α-hetero) is 1. The molecular formula is C16H15BFN3O6S. The van der Waals surface area contributed by atoms with Gasteiger partial charge in [-0.1, -0.05) is 5.16 Å². The number of hydrogen-bond donors (Lipinski definition) is 4. The molecule has 28 heavy (non-hydrogen) atoms. The molecular weight excluding hydrogens is 392 g/mol. The molecule has 1 atom stereocenters. The van der Waals surface area contributed by atoms with Crippen molar-refractivity contribution >= 4 is 41.1 Å². The van der Waals surface area contributed by atoms with Crippen LogP contribution in [-0.4, -0.2) is 44.9 Å². The zero-order chi connectivity index (χ0) is 20.6.